The molecule has 0 spiro atoms. The molecule has 8 nitrogen and oxygen atoms in total. The average Bonchev–Trinajstić information content (AvgIpc) is 3.68. The van der Waals surface area contributed by atoms with Gasteiger partial charge in [0.05, 0.1) is 16.9 Å². The highest BCUT2D eigenvalue weighted by molar-refractivity contribution is 7.92. The lowest BCUT2D eigenvalue weighted by atomic mass is 9.86. The highest BCUT2D eigenvalue weighted by atomic mass is 32.2. The zero-order valence-electron chi connectivity index (χ0n) is 21.8. The van der Waals surface area contributed by atoms with Crippen LogP contribution in [0.1, 0.15) is 57.9 Å². The van der Waals surface area contributed by atoms with Crippen LogP contribution < -0.4 is 14.8 Å². The number of hydrogen-bond donors (Lipinski definition) is 3. The normalized spacial score (nSPS) is 20.1. The van der Waals surface area contributed by atoms with Crippen molar-refractivity contribution < 1.29 is 41.0 Å². The maximum Gasteiger partial charge on any atom is 0.490 e. The molecule has 2 aromatic rings. The largest absolute Gasteiger partial charge is 0.494 e. The van der Waals surface area contributed by atoms with Crippen LogP contribution in [0.25, 0.3) is 0 Å². The molecule has 39 heavy (non-hydrogen) atoms. The van der Waals surface area contributed by atoms with Crippen LogP contribution in [0, 0.1) is 5.92 Å². The van der Waals surface area contributed by atoms with Crippen molar-refractivity contribution in [2.24, 2.45) is 5.92 Å². The van der Waals surface area contributed by atoms with E-state index in [4.69, 9.17) is 14.6 Å². The molecule has 0 radical (unpaired) electrons. The van der Waals surface area contributed by atoms with Gasteiger partial charge in [-0.3, -0.25) is 9.52 Å². The van der Waals surface area contributed by atoms with E-state index in [-0.39, 0.29) is 16.8 Å². The Hall–Kier alpha value is -3.28. The zero-order chi connectivity index (χ0) is 28.8. The highest BCUT2D eigenvalue weighted by Crippen LogP contribution is 2.49. The fourth-order valence-corrected chi connectivity index (χ4v) is 5.51. The average molecular weight is 571 g/mol. The summed E-state index contributed by atoms with van der Waals surface area (Å²) in [6.07, 6.45) is 1.02. The van der Waals surface area contributed by atoms with Crippen molar-refractivity contribution in [1.82, 2.24) is 5.32 Å². The number of carbonyl (C=O) groups is 2. The van der Waals surface area contributed by atoms with Crippen molar-refractivity contribution in [1.29, 1.82) is 0 Å². The number of benzene rings is 2. The van der Waals surface area contributed by atoms with Crippen LogP contribution in [-0.4, -0.2) is 44.2 Å². The van der Waals surface area contributed by atoms with Gasteiger partial charge in [-0.2, -0.15) is 13.2 Å². The van der Waals surface area contributed by atoms with E-state index in [1.54, 1.807) is 24.3 Å². The summed E-state index contributed by atoms with van der Waals surface area (Å²) in [6, 6.07) is 13.8. The first-order valence-corrected chi connectivity index (χ1v) is 14.2. The van der Waals surface area contributed by atoms with Gasteiger partial charge in [-0.05, 0) is 93.3 Å². The minimum atomic E-state index is -5.08. The quantitative estimate of drug-likeness (QED) is 0.399. The standard InChI is InChI=1S/C25H32N2O4S.C2HF3O2/c1-3-31-22-12-14-23(15-13-22)32(29,30)27-21-10-6-19(7-11-21)25(16-17-25)24(28)26-20-8-4-18(2)5-9-20;3-2(4,5)1(6)7/h6-7,10-15,18,20,27H,3-5,8-9,16-17H2,1-2H3,(H,26,28);(H,6,7). The summed E-state index contributed by atoms with van der Waals surface area (Å²) in [5.74, 6) is -1.27. The molecule has 0 atom stereocenters. The number of anilines is 1. The Morgan fingerprint density at radius 1 is 1.00 bits per heavy atom. The second kappa shape index (κ2) is 12.3. The van der Waals surface area contributed by atoms with Gasteiger partial charge < -0.3 is 15.2 Å². The van der Waals surface area contributed by atoms with E-state index >= 15 is 0 Å². The molecule has 3 N–H and O–H groups in total. The van der Waals surface area contributed by atoms with E-state index < -0.39 is 27.6 Å². The van der Waals surface area contributed by atoms with Crippen molar-refractivity contribution in [2.45, 2.75) is 74.9 Å². The van der Waals surface area contributed by atoms with E-state index in [9.17, 15) is 26.4 Å². The Labute approximate surface area is 226 Å². The number of alkyl halides is 3. The summed E-state index contributed by atoms with van der Waals surface area (Å²) in [5.41, 5.74) is 0.957. The van der Waals surface area contributed by atoms with E-state index in [0.29, 0.717) is 18.0 Å². The minimum absolute atomic E-state index is 0.111. The zero-order valence-corrected chi connectivity index (χ0v) is 22.6. The molecule has 1 amide bonds. The summed E-state index contributed by atoms with van der Waals surface area (Å²) in [7, 11) is -3.70. The van der Waals surface area contributed by atoms with Gasteiger partial charge >= 0.3 is 12.1 Å². The van der Waals surface area contributed by atoms with Crippen LogP contribution in [0.4, 0.5) is 18.9 Å². The first kappa shape index (κ1) is 30.3. The van der Waals surface area contributed by atoms with Crippen LogP contribution >= 0.6 is 0 Å². The van der Waals surface area contributed by atoms with Gasteiger partial charge in [0, 0.05) is 11.7 Å². The van der Waals surface area contributed by atoms with Gasteiger partial charge in [0.2, 0.25) is 5.91 Å². The van der Waals surface area contributed by atoms with E-state index in [1.807, 2.05) is 19.1 Å². The Bertz CT molecular complexity index is 1240. The Balaban J connectivity index is 0.000000532. The Morgan fingerprint density at radius 3 is 2.00 bits per heavy atom. The summed E-state index contributed by atoms with van der Waals surface area (Å²) in [6.45, 7) is 4.67. The van der Waals surface area contributed by atoms with E-state index in [0.717, 1.165) is 37.2 Å². The molecule has 214 valence electrons. The van der Waals surface area contributed by atoms with Crippen LogP contribution in [-0.2, 0) is 25.0 Å². The van der Waals surface area contributed by atoms with Gasteiger partial charge in [0.25, 0.3) is 10.0 Å². The topological polar surface area (TPSA) is 122 Å². The minimum Gasteiger partial charge on any atom is -0.494 e. The first-order valence-electron chi connectivity index (χ1n) is 12.7. The molecule has 0 heterocycles. The molecule has 2 saturated carbocycles. The number of amides is 1. The van der Waals surface area contributed by atoms with Crippen molar-refractivity contribution in [3.8, 4) is 5.75 Å². The molecule has 2 aliphatic rings. The maximum absolute atomic E-state index is 13.0. The maximum atomic E-state index is 13.0. The molecule has 4 rings (SSSR count). The SMILES string of the molecule is CCOc1ccc(S(=O)(=O)Nc2ccc(C3(C(=O)NC4CCC(C)CC4)CC3)cc2)cc1.O=C(O)C(F)(F)F. The summed E-state index contributed by atoms with van der Waals surface area (Å²) in [4.78, 5) is 22.1. The molecule has 2 fully saturated rings. The van der Waals surface area contributed by atoms with Crippen LogP contribution in [0.5, 0.6) is 5.75 Å². The fraction of sp³-hybridized carbons (Fsp3) is 0.481. The third-order valence-electron chi connectivity index (χ3n) is 6.91. The number of carboxylic acids is 1. The molecule has 2 aliphatic carbocycles. The lowest BCUT2D eigenvalue weighted by Crippen LogP contribution is -2.43. The summed E-state index contributed by atoms with van der Waals surface area (Å²) in [5, 5.41) is 10.4. The molecular formula is C27H33F3N2O6S. The predicted molar refractivity (Wildman–Crippen MR) is 139 cm³/mol. The number of aliphatic carboxylic acids is 1. The van der Waals surface area contributed by atoms with E-state index in [2.05, 4.69) is 17.0 Å². The molecule has 0 aromatic heterocycles. The number of ether oxygens (including phenoxy) is 1. The van der Waals surface area contributed by atoms with Gasteiger partial charge in [-0.1, -0.05) is 19.1 Å². The lowest BCUT2D eigenvalue weighted by molar-refractivity contribution is -0.192. The lowest BCUT2D eigenvalue weighted by Gasteiger charge is -2.28. The molecule has 0 aliphatic heterocycles. The molecule has 0 bridgehead atoms. The molecule has 2 aromatic carbocycles. The number of sulfonamides is 1. The van der Waals surface area contributed by atoms with Gasteiger partial charge in [0.15, 0.2) is 0 Å². The Kier molecular flexibility index (Phi) is 9.52. The number of halogens is 3. The number of rotatable bonds is 8. The second-order valence-corrected chi connectivity index (χ2v) is 11.6. The van der Waals surface area contributed by atoms with Crippen LogP contribution in [0.2, 0.25) is 0 Å². The summed E-state index contributed by atoms with van der Waals surface area (Å²) >= 11 is 0. The number of nitrogens with one attached hydrogen (secondary N) is 2. The van der Waals surface area contributed by atoms with Crippen molar-refractivity contribution in [3.05, 3.63) is 54.1 Å². The number of carboxylic acid groups (broad SMARTS) is 1. The van der Waals surface area contributed by atoms with Crippen LogP contribution in [0.3, 0.4) is 0 Å². The van der Waals surface area contributed by atoms with Gasteiger partial charge in [-0.15, -0.1) is 0 Å². The van der Waals surface area contributed by atoms with Crippen molar-refractivity contribution in [3.63, 3.8) is 0 Å². The van der Waals surface area contributed by atoms with Gasteiger partial charge in [-0.25, -0.2) is 13.2 Å². The molecule has 12 heteroatoms. The molecule has 0 saturated heterocycles. The fourth-order valence-electron chi connectivity index (χ4n) is 4.45. The number of carbonyl (C=O) groups excluding carboxylic acids is 1. The molecule has 0 unspecified atom stereocenters. The van der Waals surface area contributed by atoms with E-state index in [1.165, 1.54) is 25.0 Å². The number of hydrogen-bond acceptors (Lipinski definition) is 5. The van der Waals surface area contributed by atoms with Crippen LogP contribution in [0.15, 0.2) is 53.4 Å². The predicted octanol–water partition coefficient (Wildman–Crippen LogP) is 5.25. The smallest absolute Gasteiger partial charge is 0.490 e. The van der Waals surface area contributed by atoms with Crippen molar-refractivity contribution >= 4 is 27.6 Å². The van der Waals surface area contributed by atoms with Gasteiger partial charge in [0.1, 0.15) is 5.75 Å². The summed E-state index contributed by atoms with van der Waals surface area (Å²) < 4.78 is 65.1. The Morgan fingerprint density at radius 2 is 1.54 bits per heavy atom. The highest BCUT2D eigenvalue weighted by Gasteiger charge is 2.51. The third-order valence-corrected chi connectivity index (χ3v) is 8.31. The first-order chi connectivity index (χ1) is 18.3. The molecular weight excluding hydrogens is 537 g/mol. The second-order valence-electron chi connectivity index (χ2n) is 9.90. The third kappa shape index (κ3) is 8.11. The van der Waals surface area contributed by atoms with Crippen molar-refractivity contribution in [2.75, 3.05) is 11.3 Å². The monoisotopic (exact) mass is 570 g/mol.